The molecule has 23 heavy (non-hydrogen) atoms. The Bertz CT molecular complexity index is 752. The smallest absolute Gasteiger partial charge is 0.266 e. The molecule has 1 saturated heterocycles. The van der Waals surface area contributed by atoms with Crippen molar-refractivity contribution in [2.45, 2.75) is 6.42 Å². The molecule has 3 rings (SSSR count). The van der Waals surface area contributed by atoms with Crippen LogP contribution in [0.4, 0.5) is 0 Å². The second kappa shape index (κ2) is 7.12. The van der Waals surface area contributed by atoms with Gasteiger partial charge in [-0.15, -0.1) is 0 Å². The van der Waals surface area contributed by atoms with Gasteiger partial charge in [0, 0.05) is 24.8 Å². The Hall–Kier alpha value is -1.89. The van der Waals surface area contributed by atoms with E-state index < -0.39 is 0 Å². The van der Waals surface area contributed by atoms with Gasteiger partial charge in [-0.05, 0) is 18.6 Å². The third-order valence-corrected chi connectivity index (χ3v) is 4.75. The van der Waals surface area contributed by atoms with E-state index in [1.165, 1.54) is 16.7 Å². The number of aliphatic hydroxyl groups is 1. The minimum atomic E-state index is -0.133. The Balaban J connectivity index is 1.79. The maximum absolute atomic E-state index is 12.3. The Labute approximate surface area is 143 Å². The molecule has 4 nitrogen and oxygen atoms in total. The third-order valence-electron chi connectivity index (χ3n) is 3.37. The molecule has 1 fully saturated rings. The molecule has 0 aliphatic carbocycles. The molecule has 0 atom stereocenters. The summed E-state index contributed by atoms with van der Waals surface area (Å²) in [7, 11) is 0. The van der Waals surface area contributed by atoms with Gasteiger partial charge in [0.1, 0.15) is 15.8 Å². The first-order chi connectivity index (χ1) is 11.2. The van der Waals surface area contributed by atoms with Crippen molar-refractivity contribution < 1.29 is 14.3 Å². The van der Waals surface area contributed by atoms with Gasteiger partial charge in [-0.1, -0.05) is 54.3 Å². The summed E-state index contributed by atoms with van der Waals surface area (Å²) in [5.41, 5.74) is 0.989. The molecule has 2 heterocycles. The number of hydrogen-bond donors (Lipinski definition) is 1. The van der Waals surface area contributed by atoms with E-state index >= 15 is 0 Å². The molecule has 0 spiro atoms. The summed E-state index contributed by atoms with van der Waals surface area (Å²) < 4.78 is 6.31. The predicted octanol–water partition coefficient (Wildman–Crippen LogP) is 3.53. The van der Waals surface area contributed by atoms with Crippen LogP contribution in [0.15, 0.2) is 51.8 Å². The van der Waals surface area contributed by atoms with E-state index in [4.69, 9.17) is 21.7 Å². The Kier molecular flexibility index (Phi) is 4.95. The minimum absolute atomic E-state index is 0.0364. The third kappa shape index (κ3) is 3.55. The van der Waals surface area contributed by atoms with Gasteiger partial charge >= 0.3 is 0 Å². The molecular weight excluding hydrogens is 330 g/mol. The summed E-state index contributed by atoms with van der Waals surface area (Å²) in [5.74, 6) is 1.24. The van der Waals surface area contributed by atoms with Crippen molar-refractivity contribution in [3.8, 4) is 11.3 Å². The lowest BCUT2D eigenvalue weighted by atomic mass is 10.2. The van der Waals surface area contributed by atoms with Gasteiger partial charge in [0.05, 0.1) is 4.91 Å². The van der Waals surface area contributed by atoms with E-state index in [0.29, 0.717) is 28.0 Å². The number of carbonyl (C=O) groups is 1. The maximum Gasteiger partial charge on any atom is 0.266 e. The van der Waals surface area contributed by atoms with Gasteiger partial charge in [-0.2, -0.15) is 0 Å². The van der Waals surface area contributed by atoms with Crippen molar-refractivity contribution >= 4 is 40.3 Å². The van der Waals surface area contributed by atoms with Gasteiger partial charge in [-0.3, -0.25) is 9.69 Å². The van der Waals surface area contributed by atoms with Crippen LogP contribution in [0.3, 0.4) is 0 Å². The molecule has 0 bridgehead atoms. The molecule has 0 unspecified atom stereocenters. The number of nitrogens with zero attached hydrogens (tertiary/aromatic N) is 1. The topological polar surface area (TPSA) is 53.7 Å². The summed E-state index contributed by atoms with van der Waals surface area (Å²) in [6, 6.07) is 13.5. The first kappa shape index (κ1) is 16.0. The Morgan fingerprint density at radius 3 is 2.74 bits per heavy atom. The summed E-state index contributed by atoms with van der Waals surface area (Å²) >= 11 is 6.48. The fourth-order valence-electron chi connectivity index (χ4n) is 2.24. The zero-order valence-corrected chi connectivity index (χ0v) is 13.9. The lowest BCUT2D eigenvalue weighted by Gasteiger charge is -2.12. The molecule has 1 N–H and O–H groups in total. The van der Waals surface area contributed by atoms with E-state index in [-0.39, 0.29) is 12.5 Å². The second-order valence-electron chi connectivity index (χ2n) is 4.98. The number of rotatable bonds is 5. The predicted molar refractivity (Wildman–Crippen MR) is 95.7 cm³/mol. The highest BCUT2D eigenvalue weighted by Gasteiger charge is 2.31. The summed E-state index contributed by atoms with van der Waals surface area (Å²) in [5, 5.41) is 8.89. The van der Waals surface area contributed by atoms with Crippen molar-refractivity contribution in [3.05, 3.63) is 53.1 Å². The number of benzene rings is 1. The molecule has 0 saturated carbocycles. The average molecular weight is 345 g/mol. The molecular formula is C17H15NO3S2. The van der Waals surface area contributed by atoms with Crippen molar-refractivity contribution in [2.24, 2.45) is 0 Å². The maximum atomic E-state index is 12.3. The van der Waals surface area contributed by atoms with Crippen molar-refractivity contribution in [1.82, 2.24) is 4.90 Å². The van der Waals surface area contributed by atoms with Crippen LogP contribution >= 0.6 is 24.0 Å². The number of aliphatic hydroxyl groups excluding tert-OH is 1. The lowest BCUT2D eigenvalue weighted by Crippen LogP contribution is -2.29. The van der Waals surface area contributed by atoms with Gasteiger partial charge in [-0.25, -0.2) is 0 Å². The van der Waals surface area contributed by atoms with E-state index in [1.807, 2.05) is 42.5 Å². The number of hydrogen-bond acceptors (Lipinski definition) is 5. The fraction of sp³-hybridized carbons (Fsp3) is 0.176. The van der Waals surface area contributed by atoms with Crippen LogP contribution < -0.4 is 0 Å². The van der Waals surface area contributed by atoms with Gasteiger partial charge in [0.15, 0.2) is 0 Å². The summed E-state index contributed by atoms with van der Waals surface area (Å²) in [6.07, 6.45) is 2.23. The second-order valence-corrected chi connectivity index (χ2v) is 6.65. The van der Waals surface area contributed by atoms with Crippen LogP contribution in [0, 0.1) is 0 Å². The van der Waals surface area contributed by atoms with Gasteiger partial charge < -0.3 is 9.52 Å². The average Bonchev–Trinajstić information content (AvgIpc) is 3.13. The first-order valence-corrected chi connectivity index (χ1v) is 8.43. The fourth-order valence-corrected chi connectivity index (χ4v) is 3.53. The Morgan fingerprint density at radius 1 is 1.22 bits per heavy atom. The quantitative estimate of drug-likeness (QED) is 0.664. The standard InChI is InChI=1S/C17H15NO3S2/c19-10-4-9-18-16(20)15(23-17(18)22)11-13-7-8-14(21-13)12-5-2-1-3-6-12/h1-3,5-8,11,19H,4,9-10H2. The number of thioether (sulfide) groups is 1. The van der Waals surface area contributed by atoms with Crippen LogP contribution in [-0.4, -0.2) is 33.4 Å². The molecule has 1 amide bonds. The summed E-state index contributed by atoms with van der Waals surface area (Å²) in [6.45, 7) is 0.473. The number of amides is 1. The largest absolute Gasteiger partial charge is 0.457 e. The zero-order chi connectivity index (χ0) is 16.2. The van der Waals surface area contributed by atoms with E-state index in [0.717, 1.165) is 11.3 Å². The highest BCUT2D eigenvalue weighted by molar-refractivity contribution is 8.26. The monoisotopic (exact) mass is 345 g/mol. The first-order valence-electron chi connectivity index (χ1n) is 7.20. The highest BCUT2D eigenvalue weighted by Crippen LogP contribution is 2.33. The zero-order valence-electron chi connectivity index (χ0n) is 12.3. The molecule has 6 heteroatoms. The molecule has 1 aromatic heterocycles. The van der Waals surface area contributed by atoms with E-state index in [2.05, 4.69) is 0 Å². The molecule has 1 aliphatic rings. The van der Waals surface area contributed by atoms with Crippen LogP contribution in [0.1, 0.15) is 12.2 Å². The SMILES string of the molecule is O=C1C(=Cc2ccc(-c3ccccc3)o2)SC(=S)N1CCCO. The molecule has 1 aliphatic heterocycles. The van der Waals surface area contributed by atoms with E-state index in [9.17, 15) is 4.79 Å². The van der Waals surface area contributed by atoms with Crippen LogP contribution in [0.25, 0.3) is 17.4 Å². The van der Waals surface area contributed by atoms with Crippen molar-refractivity contribution in [2.75, 3.05) is 13.2 Å². The van der Waals surface area contributed by atoms with Gasteiger partial charge in [0.2, 0.25) is 0 Å². The van der Waals surface area contributed by atoms with E-state index in [1.54, 1.807) is 6.08 Å². The van der Waals surface area contributed by atoms with Crippen LogP contribution in [0.5, 0.6) is 0 Å². The van der Waals surface area contributed by atoms with Crippen LogP contribution in [-0.2, 0) is 4.79 Å². The molecule has 0 radical (unpaired) electrons. The number of carbonyl (C=O) groups excluding carboxylic acids is 1. The lowest BCUT2D eigenvalue weighted by molar-refractivity contribution is -0.122. The number of thiocarbonyl (C=S) groups is 1. The molecule has 1 aromatic carbocycles. The summed E-state index contributed by atoms with van der Waals surface area (Å²) in [4.78, 5) is 14.4. The molecule has 118 valence electrons. The number of furan rings is 1. The highest BCUT2D eigenvalue weighted by atomic mass is 32.2. The molecule has 2 aromatic rings. The minimum Gasteiger partial charge on any atom is -0.457 e. The van der Waals surface area contributed by atoms with Crippen molar-refractivity contribution in [3.63, 3.8) is 0 Å². The normalized spacial score (nSPS) is 16.6. The van der Waals surface area contributed by atoms with Gasteiger partial charge in [0.25, 0.3) is 5.91 Å². The van der Waals surface area contributed by atoms with Crippen molar-refractivity contribution in [1.29, 1.82) is 0 Å². The van der Waals surface area contributed by atoms with Crippen LogP contribution in [0.2, 0.25) is 0 Å². The Morgan fingerprint density at radius 2 is 2.00 bits per heavy atom.